The number of hydrogen-bond acceptors (Lipinski definition) is 3. The Labute approximate surface area is 140 Å². The summed E-state index contributed by atoms with van der Waals surface area (Å²) in [7, 11) is 1.86. The van der Waals surface area contributed by atoms with E-state index >= 15 is 0 Å². The van der Waals surface area contributed by atoms with Gasteiger partial charge in [0.05, 0.1) is 11.6 Å². The van der Waals surface area contributed by atoms with Gasteiger partial charge in [0.1, 0.15) is 0 Å². The summed E-state index contributed by atoms with van der Waals surface area (Å²) in [5.74, 6) is -1.42. The highest BCUT2D eigenvalue weighted by Crippen LogP contribution is 2.24. The number of hydrogen-bond donors (Lipinski definition) is 2. The van der Waals surface area contributed by atoms with E-state index in [1.54, 1.807) is 28.9 Å². The molecule has 0 aliphatic heterocycles. The molecule has 2 rings (SSSR count). The van der Waals surface area contributed by atoms with Gasteiger partial charge >= 0.3 is 5.97 Å². The molecule has 6 nitrogen and oxygen atoms in total. The second-order valence-electron chi connectivity index (χ2n) is 5.71. The van der Waals surface area contributed by atoms with E-state index < -0.39 is 5.97 Å². The molecule has 6 heteroatoms. The average Bonchev–Trinajstić information content (AvgIpc) is 2.78. The molecule has 1 amide bonds. The molecule has 0 saturated carbocycles. The largest absolute Gasteiger partial charge is 0.478 e. The van der Waals surface area contributed by atoms with Crippen LogP contribution in [0, 0.1) is 13.8 Å². The molecule has 24 heavy (non-hydrogen) atoms. The highest BCUT2D eigenvalue weighted by atomic mass is 16.4. The fourth-order valence-electron chi connectivity index (χ4n) is 2.64. The number of amides is 1. The Kier molecular flexibility index (Phi) is 5.18. The predicted octanol–water partition coefficient (Wildman–Crippen LogP) is 2.88. The number of anilines is 1. The maximum Gasteiger partial charge on any atom is 0.328 e. The van der Waals surface area contributed by atoms with Crippen LogP contribution in [0.25, 0.3) is 6.08 Å². The second kappa shape index (κ2) is 7.12. The van der Waals surface area contributed by atoms with Gasteiger partial charge in [-0.3, -0.25) is 9.48 Å². The van der Waals surface area contributed by atoms with Gasteiger partial charge in [-0.2, -0.15) is 5.10 Å². The molecule has 0 radical (unpaired) electrons. The number of rotatable bonds is 5. The van der Waals surface area contributed by atoms with Crippen LogP contribution in [0.5, 0.6) is 0 Å². The van der Waals surface area contributed by atoms with E-state index in [9.17, 15) is 9.59 Å². The van der Waals surface area contributed by atoms with Crippen LogP contribution in [-0.4, -0.2) is 26.8 Å². The molecule has 2 aromatic rings. The minimum Gasteiger partial charge on any atom is -0.478 e. The second-order valence-corrected chi connectivity index (χ2v) is 5.71. The monoisotopic (exact) mass is 327 g/mol. The first-order valence-corrected chi connectivity index (χ1v) is 7.61. The summed E-state index contributed by atoms with van der Waals surface area (Å²) in [5.41, 5.74) is 4.19. The van der Waals surface area contributed by atoms with Crippen LogP contribution >= 0.6 is 0 Å². The molecule has 1 heterocycles. The molecule has 0 aliphatic rings. The molecule has 0 saturated heterocycles. The van der Waals surface area contributed by atoms with Crippen molar-refractivity contribution in [3.63, 3.8) is 0 Å². The minimum absolute atomic E-state index is 0.108. The number of benzene rings is 1. The standard InChI is InChI=1S/C18H21N3O3/c1-11(17-12(2)20-21(4)13(17)3)18(24)19-15-8-5-14(6-9-15)7-10-16(22)23/h5-11H,1-4H3,(H,19,24)(H,22,23)/b10-7+. The van der Waals surface area contributed by atoms with Gasteiger partial charge in [-0.05, 0) is 44.5 Å². The highest BCUT2D eigenvalue weighted by Gasteiger charge is 2.22. The van der Waals surface area contributed by atoms with Crippen molar-refractivity contribution in [2.75, 3.05) is 5.32 Å². The third kappa shape index (κ3) is 3.90. The molecule has 1 aromatic heterocycles. The Balaban J connectivity index is 2.10. The van der Waals surface area contributed by atoms with Gasteiger partial charge in [-0.15, -0.1) is 0 Å². The van der Waals surface area contributed by atoms with Gasteiger partial charge in [0, 0.05) is 30.1 Å². The zero-order chi connectivity index (χ0) is 17.9. The van der Waals surface area contributed by atoms with E-state index in [-0.39, 0.29) is 11.8 Å². The Morgan fingerprint density at radius 1 is 1.25 bits per heavy atom. The van der Waals surface area contributed by atoms with Crippen molar-refractivity contribution in [2.24, 2.45) is 7.05 Å². The summed E-state index contributed by atoms with van der Waals surface area (Å²) < 4.78 is 1.78. The third-order valence-corrected chi connectivity index (χ3v) is 3.99. The zero-order valence-corrected chi connectivity index (χ0v) is 14.2. The van der Waals surface area contributed by atoms with Crippen molar-refractivity contribution in [3.8, 4) is 0 Å². The summed E-state index contributed by atoms with van der Waals surface area (Å²) in [6.45, 7) is 5.70. The van der Waals surface area contributed by atoms with Gasteiger partial charge in [-0.1, -0.05) is 12.1 Å². The fourth-order valence-corrected chi connectivity index (χ4v) is 2.64. The molecule has 0 spiro atoms. The predicted molar refractivity (Wildman–Crippen MR) is 92.8 cm³/mol. The number of carbonyl (C=O) groups is 2. The normalized spacial score (nSPS) is 12.3. The van der Waals surface area contributed by atoms with Crippen molar-refractivity contribution in [2.45, 2.75) is 26.7 Å². The fraction of sp³-hybridized carbons (Fsp3) is 0.278. The molecule has 2 N–H and O–H groups in total. The van der Waals surface area contributed by atoms with E-state index in [0.29, 0.717) is 5.69 Å². The van der Waals surface area contributed by atoms with Gasteiger partial charge in [0.15, 0.2) is 0 Å². The molecule has 0 aliphatic carbocycles. The first-order chi connectivity index (χ1) is 11.3. The Hall–Kier alpha value is -2.89. The van der Waals surface area contributed by atoms with E-state index in [1.807, 2.05) is 27.8 Å². The first-order valence-electron chi connectivity index (χ1n) is 7.61. The molecular formula is C18H21N3O3. The molecule has 1 aromatic carbocycles. The summed E-state index contributed by atoms with van der Waals surface area (Å²) >= 11 is 0. The Bertz CT molecular complexity index is 789. The van der Waals surface area contributed by atoms with Crippen LogP contribution in [-0.2, 0) is 16.6 Å². The number of aliphatic carboxylic acids is 1. The Morgan fingerprint density at radius 2 is 1.88 bits per heavy atom. The van der Waals surface area contributed by atoms with Gasteiger partial charge < -0.3 is 10.4 Å². The molecule has 0 bridgehead atoms. The number of aryl methyl sites for hydroxylation is 2. The zero-order valence-electron chi connectivity index (χ0n) is 14.2. The topological polar surface area (TPSA) is 84.2 Å². The maximum atomic E-state index is 12.5. The van der Waals surface area contributed by atoms with Crippen molar-refractivity contribution in [1.82, 2.24) is 9.78 Å². The smallest absolute Gasteiger partial charge is 0.328 e. The van der Waals surface area contributed by atoms with Crippen LogP contribution in [0.15, 0.2) is 30.3 Å². The van der Waals surface area contributed by atoms with Crippen LogP contribution < -0.4 is 5.32 Å². The van der Waals surface area contributed by atoms with E-state index in [1.165, 1.54) is 6.08 Å². The van der Waals surface area contributed by atoms with Crippen molar-refractivity contribution in [3.05, 3.63) is 52.9 Å². The molecule has 126 valence electrons. The van der Waals surface area contributed by atoms with Crippen LogP contribution in [0.3, 0.4) is 0 Å². The number of carbonyl (C=O) groups excluding carboxylic acids is 1. The number of carboxylic acids is 1. The molecule has 1 atom stereocenters. The number of nitrogens with zero attached hydrogens (tertiary/aromatic N) is 2. The van der Waals surface area contributed by atoms with Crippen LogP contribution in [0.4, 0.5) is 5.69 Å². The van der Waals surface area contributed by atoms with Gasteiger partial charge in [0.2, 0.25) is 5.91 Å². The van der Waals surface area contributed by atoms with Crippen LogP contribution in [0.2, 0.25) is 0 Å². The van der Waals surface area contributed by atoms with Gasteiger partial charge in [-0.25, -0.2) is 4.79 Å². The summed E-state index contributed by atoms with van der Waals surface area (Å²) in [4.78, 5) is 23.0. The van der Waals surface area contributed by atoms with Crippen LogP contribution in [0.1, 0.15) is 35.4 Å². The number of carboxylic acid groups (broad SMARTS) is 1. The van der Waals surface area contributed by atoms with Crippen molar-refractivity contribution >= 4 is 23.6 Å². The lowest BCUT2D eigenvalue weighted by atomic mass is 9.98. The lowest BCUT2D eigenvalue weighted by Gasteiger charge is -2.13. The Morgan fingerprint density at radius 3 is 2.38 bits per heavy atom. The highest BCUT2D eigenvalue weighted by molar-refractivity contribution is 5.96. The maximum absolute atomic E-state index is 12.5. The quantitative estimate of drug-likeness (QED) is 0.827. The molecule has 1 unspecified atom stereocenters. The van der Waals surface area contributed by atoms with E-state index in [4.69, 9.17) is 5.11 Å². The first kappa shape index (κ1) is 17.5. The summed E-state index contributed by atoms with van der Waals surface area (Å²) in [5, 5.41) is 15.8. The number of nitrogens with one attached hydrogen (secondary N) is 1. The molecular weight excluding hydrogens is 306 g/mol. The van der Waals surface area contributed by atoms with Crippen molar-refractivity contribution in [1.29, 1.82) is 0 Å². The third-order valence-electron chi connectivity index (χ3n) is 3.99. The lowest BCUT2D eigenvalue weighted by Crippen LogP contribution is -2.19. The molecule has 0 fully saturated rings. The summed E-state index contributed by atoms with van der Waals surface area (Å²) in [6.07, 6.45) is 2.57. The summed E-state index contributed by atoms with van der Waals surface area (Å²) in [6, 6.07) is 6.99. The van der Waals surface area contributed by atoms with Crippen molar-refractivity contribution < 1.29 is 14.7 Å². The SMILES string of the molecule is Cc1nn(C)c(C)c1C(C)C(=O)Nc1ccc(/C=C/C(=O)O)cc1. The van der Waals surface area contributed by atoms with E-state index in [2.05, 4.69) is 10.4 Å². The average molecular weight is 327 g/mol. The van der Waals surface area contributed by atoms with Gasteiger partial charge in [0.25, 0.3) is 0 Å². The number of aromatic nitrogens is 2. The minimum atomic E-state index is -0.997. The van der Waals surface area contributed by atoms with E-state index in [0.717, 1.165) is 28.6 Å². The lowest BCUT2D eigenvalue weighted by molar-refractivity contribution is -0.131.